The summed E-state index contributed by atoms with van der Waals surface area (Å²) < 4.78 is 10.5. The van der Waals surface area contributed by atoms with Crippen LogP contribution in [0.25, 0.3) is 0 Å². The van der Waals surface area contributed by atoms with Crippen molar-refractivity contribution in [2.24, 2.45) is 0 Å². The molecule has 0 spiro atoms. The van der Waals surface area contributed by atoms with Crippen molar-refractivity contribution in [3.05, 3.63) is 48.0 Å². The highest BCUT2D eigenvalue weighted by molar-refractivity contribution is 6.02. The molecule has 0 radical (unpaired) electrons. The molecule has 0 saturated carbocycles. The lowest BCUT2D eigenvalue weighted by Crippen LogP contribution is -2.47. The van der Waals surface area contributed by atoms with Crippen molar-refractivity contribution in [3.8, 4) is 5.75 Å². The number of ether oxygens (including phenoxy) is 2. The van der Waals surface area contributed by atoms with Crippen molar-refractivity contribution in [1.82, 2.24) is 4.90 Å². The maximum atomic E-state index is 13.7. The molecule has 9 heteroatoms. The Morgan fingerprint density at radius 1 is 0.842 bits per heavy atom. The number of amides is 2. The molecule has 2 amide bonds. The molecule has 0 unspecified atom stereocenters. The van der Waals surface area contributed by atoms with Crippen LogP contribution in [0, 0.1) is 0 Å². The fourth-order valence-corrected chi connectivity index (χ4v) is 5.08. The average Bonchev–Trinajstić information content (AvgIpc) is 2.96. The highest BCUT2D eigenvalue weighted by atomic mass is 16.5. The molecule has 9 nitrogen and oxygen atoms in total. The van der Waals surface area contributed by atoms with Crippen molar-refractivity contribution < 1.29 is 23.9 Å². The predicted molar refractivity (Wildman–Crippen MR) is 148 cm³/mol. The lowest BCUT2D eigenvalue weighted by Gasteiger charge is -2.39. The van der Waals surface area contributed by atoms with E-state index >= 15 is 0 Å². The van der Waals surface area contributed by atoms with Crippen LogP contribution in [0.2, 0.25) is 0 Å². The Labute approximate surface area is 224 Å². The number of para-hydroxylation sites is 2. The van der Waals surface area contributed by atoms with E-state index in [1.165, 1.54) is 0 Å². The third kappa shape index (κ3) is 6.76. The van der Waals surface area contributed by atoms with Crippen molar-refractivity contribution in [1.29, 1.82) is 0 Å². The minimum absolute atomic E-state index is 0.00511. The van der Waals surface area contributed by atoms with Gasteiger partial charge in [-0.15, -0.1) is 0 Å². The fraction of sp³-hybridized carbons (Fsp3) is 0.483. The Hall–Kier alpha value is -3.75. The monoisotopic (exact) mass is 522 g/mol. The molecule has 2 fully saturated rings. The van der Waals surface area contributed by atoms with Gasteiger partial charge >= 0.3 is 5.97 Å². The van der Waals surface area contributed by atoms with E-state index in [0.29, 0.717) is 11.3 Å². The van der Waals surface area contributed by atoms with Gasteiger partial charge in [-0.1, -0.05) is 12.1 Å². The van der Waals surface area contributed by atoms with Crippen LogP contribution >= 0.6 is 0 Å². The Bertz CT molecular complexity index is 1120. The van der Waals surface area contributed by atoms with Gasteiger partial charge in [0.15, 0.2) is 0 Å². The first-order valence-corrected chi connectivity index (χ1v) is 13.5. The van der Waals surface area contributed by atoms with Crippen molar-refractivity contribution in [2.45, 2.75) is 39.0 Å². The quantitative estimate of drug-likeness (QED) is 0.499. The Balaban J connectivity index is 1.50. The maximum absolute atomic E-state index is 13.7. The lowest BCUT2D eigenvalue weighted by molar-refractivity contribution is -0.144. The van der Waals surface area contributed by atoms with Gasteiger partial charge in [-0.25, -0.2) is 0 Å². The van der Waals surface area contributed by atoms with Gasteiger partial charge in [-0.3, -0.25) is 14.4 Å². The molecule has 204 valence electrons. The second-order valence-electron chi connectivity index (χ2n) is 9.58. The van der Waals surface area contributed by atoms with Crippen molar-refractivity contribution in [2.75, 3.05) is 68.1 Å². The molecule has 2 aromatic rings. The predicted octanol–water partition coefficient (Wildman–Crippen LogP) is 3.93. The van der Waals surface area contributed by atoms with E-state index in [0.717, 1.165) is 75.7 Å². The number of anilines is 3. The summed E-state index contributed by atoms with van der Waals surface area (Å²) in [5, 5.41) is 2.85. The van der Waals surface area contributed by atoms with E-state index in [-0.39, 0.29) is 31.3 Å². The third-order valence-corrected chi connectivity index (χ3v) is 7.06. The molecule has 0 bridgehead atoms. The third-order valence-electron chi connectivity index (χ3n) is 7.06. The summed E-state index contributed by atoms with van der Waals surface area (Å²) in [6, 6.07) is 13.6. The molecular weight excluding hydrogens is 484 g/mol. The van der Waals surface area contributed by atoms with Crippen LogP contribution in [0.3, 0.4) is 0 Å². The van der Waals surface area contributed by atoms with Crippen molar-refractivity contribution in [3.63, 3.8) is 0 Å². The van der Waals surface area contributed by atoms with Crippen LogP contribution in [0.4, 0.5) is 17.1 Å². The zero-order chi connectivity index (χ0) is 26.9. The minimum atomic E-state index is -0.397. The number of hydrogen-bond donors (Lipinski definition) is 1. The van der Waals surface area contributed by atoms with Crippen LogP contribution in [0.1, 0.15) is 49.4 Å². The molecule has 0 aliphatic carbocycles. The van der Waals surface area contributed by atoms with Gasteiger partial charge in [0.25, 0.3) is 5.91 Å². The largest absolute Gasteiger partial charge is 0.495 e. The van der Waals surface area contributed by atoms with Gasteiger partial charge < -0.3 is 29.5 Å². The number of piperidine rings is 1. The highest BCUT2D eigenvalue weighted by Gasteiger charge is 2.26. The first-order chi connectivity index (χ1) is 18.5. The summed E-state index contributed by atoms with van der Waals surface area (Å²) in [7, 11) is 1.69. The molecule has 38 heavy (non-hydrogen) atoms. The molecule has 2 aliphatic rings. The second kappa shape index (κ2) is 13.2. The van der Waals surface area contributed by atoms with E-state index in [1.807, 2.05) is 35.2 Å². The molecular formula is C29H38N4O5. The van der Waals surface area contributed by atoms with E-state index in [1.54, 1.807) is 20.1 Å². The second-order valence-corrected chi connectivity index (χ2v) is 9.58. The number of carbonyl (C=O) groups excluding carboxylic acids is 3. The number of nitrogens with one attached hydrogen (secondary N) is 1. The van der Waals surface area contributed by atoms with E-state index in [9.17, 15) is 14.4 Å². The van der Waals surface area contributed by atoms with E-state index < -0.39 is 5.97 Å². The summed E-state index contributed by atoms with van der Waals surface area (Å²) in [5.41, 5.74) is 3.10. The average molecular weight is 523 g/mol. The van der Waals surface area contributed by atoms with Crippen LogP contribution in [0.5, 0.6) is 5.75 Å². The topological polar surface area (TPSA) is 91.4 Å². The van der Waals surface area contributed by atoms with Gasteiger partial charge in [-0.05, 0) is 56.5 Å². The fourth-order valence-electron chi connectivity index (χ4n) is 5.08. The smallest absolute Gasteiger partial charge is 0.306 e. The lowest BCUT2D eigenvalue weighted by atomic mass is 10.1. The minimum Gasteiger partial charge on any atom is -0.495 e. The Morgan fingerprint density at radius 3 is 2.21 bits per heavy atom. The number of rotatable bonds is 9. The maximum Gasteiger partial charge on any atom is 0.306 e. The molecule has 2 aromatic carbocycles. The first kappa shape index (κ1) is 27.3. The summed E-state index contributed by atoms with van der Waals surface area (Å²) in [4.78, 5) is 44.2. The highest BCUT2D eigenvalue weighted by Crippen LogP contribution is 2.32. The van der Waals surface area contributed by atoms with Gasteiger partial charge in [0.2, 0.25) is 5.91 Å². The van der Waals surface area contributed by atoms with Crippen LogP contribution in [-0.2, 0) is 14.3 Å². The van der Waals surface area contributed by atoms with Crippen LogP contribution in [0.15, 0.2) is 42.5 Å². The molecule has 1 N–H and O–H groups in total. The van der Waals surface area contributed by atoms with E-state index in [4.69, 9.17) is 9.47 Å². The van der Waals surface area contributed by atoms with Crippen molar-refractivity contribution >= 4 is 34.8 Å². The number of piperazine rings is 1. The molecule has 2 aliphatic heterocycles. The van der Waals surface area contributed by atoms with Crippen LogP contribution < -0.4 is 19.9 Å². The number of hydrogen-bond acceptors (Lipinski definition) is 7. The molecule has 2 saturated heterocycles. The zero-order valence-electron chi connectivity index (χ0n) is 22.4. The molecule has 0 atom stereocenters. The summed E-state index contributed by atoms with van der Waals surface area (Å²) in [5.74, 6) is 0.165. The normalized spacial score (nSPS) is 15.7. The number of esters is 1. The van der Waals surface area contributed by atoms with E-state index in [2.05, 4.69) is 21.2 Å². The zero-order valence-corrected chi connectivity index (χ0v) is 22.4. The molecule has 0 aromatic heterocycles. The number of carbonyl (C=O) groups is 3. The van der Waals surface area contributed by atoms with Gasteiger partial charge in [-0.2, -0.15) is 0 Å². The SMILES string of the molecule is CCOC(=O)CCC(=O)Nc1ccc(N2CCN(c3ccccc3OC)CC2)c(C(=O)N2CCCCC2)c1. The number of benzene rings is 2. The summed E-state index contributed by atoms with van der Waals surface area (Å²) in [6.45, 7) is 6.61. The number of methoxy groups -OCH3 is 1. The Morgan fingerprint density at radius 2 is 1.53 bits per heavy atom. The molecule has 2 heterocycles. The number of likely N-dealkylation sites (tertiary alicyclic amines) is 1. The van der Waals surface area contributed by atoms with Crippen LogP contribution in [-0.4, -0.2) is 75.7 Å². The van der Waals surface area contributed by atoms with Gasteiger partial charge in [0, 0.05) is 57.1 Å². The number of nitrogens with zero attached hydrogens (tertiary/aromatic N) is 3. The summed E-state index contributed by atoms with van der Waals surface area (Å²) >= 11 is 0. The first-order valence-electron chi connectivity index (χ1n) is 13.5. The van der Waals surface area contributed by atoms with Gasteiger partial charge in [0.05, 0.1) is 31.4 Å². The Kier molecular flexibility index (Phi) is 9.46. The van der Waals surface area contributed by atoms with Gasteiger partial charge in [0.1, 0.15) is 5.75 Å². The summed E-state index contributed by atoms with van der Waals surface area (Å²) in [6.07, 6.45) is 3.19. The molecule has 4 rings (SSSR count). The standard InChI is InChI=1S/C29H38N4O5/c1-3-38-28(35)14-13-27(34)30-22-11-12-24(23(21-22)29(36)33-15-7-4-8-16-33)31-17-19-32(20-18-31)25-9-5-6-10-26(25)37-2/h5-6,9-12,21H,3-4,7-8,13-20H2,1-2H3,(H,30,34).